The second-order valence-corrected chi connectivity index (χ2v) is 9.50. The van der Waals surface area contributed by atoms with Crippen molar-refractivity contribution in [2.75, 3.05) is 17.9 Å². The van der Waals surface area contributed by atoms with Gasteiger partial charge in [-0.05, 0) is 68.5 Å². The second kappa shape index (κ2) is 9.46. The van der Waals surface area contributed by atoms with E-state index in [2.05, 4.69) is 11.4 Å². The number of nitrogens with one attached hydrogen (secondary N) is 1. The van der Waals surface area contributed by atoms with Gasteiger partial charge in [-0.2, -0.15) is 0 Å². The highest BCUT2D eigenvalue weighted by atomic mass is 35.5. The van der Waals surface area contributed by atoms with E-state index in [9.17, 15) is 13.2 Å². The quantitative estimate of drug-likeness (QED) is 0.640. The molecule has 154 valence electrons. The molecule has 2 aromatic carbocycles. The molecule has 5 nitrogen and oxygen atoms in total. The van der Waals surface area contributed by atoms with Crippen molar-refractivity contribution in [1.29, 1.82) is 0 Å². The number of nitrogens with zero attached hydrogens (tertiary/aromatic N) is 1. The van der Waals surface area contributed by atoms with E-state index in [4.69, 9.17) is 11.6 Å². The molecule has 0 unspecified atom stereocenters. The van der Waals surface area contributed by atoms with Crippen LogP contribution < -0.4 is 9.62 Å². The van der Waals surface area contributed by atoms with Gasteiger partial charge in [0.2, 0.25) is 0 Å². The Morgan fingerprint density at radius 1 is 1.14 bits per heavy atom. The van der Waals surface area contributed by atoms with Gasteiger partial charge >= 0.3 is 0 Å². The lowest BCUT2D eigenvalue weighted by molar-refractivity contribution is 0.0954. The number of allylic oxidation sites excluding steroid dienone is 1. The SMILES string of the molecule is CN(c1cccc(Cl)c1)S(=O)(=O)c1cccc(C(=O)NCCC2=CCCCC2)c1. The summed E-state index contributed by atoms with van der Waals surface area (Å²) >= 11 is 5.98. The molecule has 3 rings (SSSR count). The van der Waals surface area contributed by atoms with E-state index in [1.54, 1.807) is 36.4 Å². The average molecular weight is 433 g/mol. The van der Waals surface area contributed by atoms with Crippen molar-refractivity contribution in [1.82, 2.24) is 5.32 Å². The maximum atomic E-state index is 13.0. The Morgan fingerprint density at radius 2 is 1.93 bits per heavy atom. The van der Waals surface area contributed by atoms with Gasteiger partial charge in [-0.1, -0.05) is 35.4 Å². The summed E-state index contributed by atoms with van der Waals surface area (Å²) < 4.78 is 27.1. The number of benzene rings is 2. The van der Waals surface area contributed by atoms with Crippen LogP contribution in [0, 0.1) is 0 Å². The monoisotopic (exact) mass is 432 g/mol. The molecule has 0 fully saturated rings. The Balaban J connectivity index is 1.70. The first kappa shape index (κ1) is 21.4. The van der Waals surface area contributed by atoms with Crippen LogP contribution in [0.15, 0.2) is 65.1 Å². The zero-order valence-corrected chi connectivity index (χ0v) is 18.0. The predicted octanol–water partition coefficient (Wildman–Crippen LogP) is 4.79. The minimum atomic E-state index is -3.82. The first-order valence-electron chi connectivity index (χ1n) is 9.68. The number of carbonyl (C=O) groups is 1. The fourth-order valence-electron chi connectivity index (χ4n) is 3.34. The van der Waals surface area contributed by atoms with Gasteiger partial charge in [0.15, 0.2) is 0 Å². The van der Waals surface area contributed by atoms with Gasteiger partial charge < -0.3 is 5.32 Å². The molecule has 1 amide bonds. The highest BCUT2D eigenvalue weighted by Gasteiger charge is 2.22. The van der Waals surface area contributed by atoms with Gasteiger partial charge in [-0.3, -0.25) is 9.10 Å². The number of anilines is 1. The standard InChI is InChI=1S/C22H25ClN2O3S/c1-25(20-11-6-10-19(23)16-20)29(27,28)21-12-5-9-18(15-21)22(26)24-14-13-17-7-3-2-4-8-17/h5-7,9-12,15-16H,2-4,8,13-14H2,1H3,(H,24,26). The zero-order chi connectivity index (χ0) is 20.9. The first-order valence-corrected chi connectivity index (χ1v) is 11.5. The Bertz CT molecular complexity index is 1020. The van der Waals surface area contributed by atoms with Gasteiger partial charge in [-0.25, -0.2) is 8.42 Å². The van der Waals surface area contributed by atoms with Crippen molar-refractivity contribution in [3.63, 3.8) is 0 Å². The molecule has 0 aliphatic heterocycles. The fourth-order valence-corrected chi connectivity index (χ4v) is 4.76. The Kier molecular flexibility index (Phi) is 6.98. The number of rotatable bonds is 7. The summed E-state index contributed by atoms with van der Waals surface area (Å²) in [5.41, 5.74) is 2.16. The summed E-state index contributed by atoms with van der Waals surface area (Å²) in [5, 5.41) is 3.34. The molecule has 1 aliphatic carbocycles. The van der Waals surface area contributed by atoms with Crippen LogP contribution in [0.25, 0.3) is 0 Å². The maximum Gasteiger partial charge on any atom is 0.264 e. The van der Waals surface area contributed by atoms with Gasteiger partial charge in [-0.15, -0.1) is 0 Å². The van der Waals surface area contributed by atoms with Crippen LogP contribution in [-0.2, 0) is 10.0 Å². The minimum Gasteiger partial charge on any atom is -0.352 e. The molecule has 0 spiro atoms. The van der Waals surface area contributed by atoms with E-state index in [0.29, 0.717) is 22.8 Å². The molecule has 0 bridgehead atoms. The van der Waals surface area contributed by atoms with E-state index in [0.717, 1.165) is 23.6 Å². The third kappa shape index (κ3) is 5.40. The molecule has 0 saturated carbocycles. The summed E-state index contributed by atoms with van der Waals surface area (Å²) in [6.07, 6.45) is 7.75. The highest BCUT2D eigenvalue weighted by Crippen LogP contribution is 2.25. The van der Waals surface area contributed by atoms with Gasteiger partial charge in [0.05, 0.1) is 10.6 Å². The number of hydrogen-bond acceptors (Lipinski definition) is 3. The Labute approximate surface area is 177 Å². The lowest BCUT2D eigenvalue weighted by Crippen LogP contribution is -2.28. The molecule has 1 aliphatic rings. The van der Waals surface area contributed by atoms with Crippen LogP contribution in [0.5, 0.6) is 0 Å². The van der Waals surface area contributed by atoms with E-state index >= 15 is 0 Å². The zero-order valence-electron chi connectivity index (χ0n) is 16.4. The van der Waals surface area contributed by atoms with Crippen LogP contribution in [-0.4, -0.2) is 27.9 Å². The molecule has 0 radical (unpaired) electrons. The summed E-state index contributed by atoms with van der Waals surface area (Å²) in [6.45, 7) is 0.546. The van der Waals surface area contributed by atoms with Crippen molar-refractivity contribution in [3.05, 3.63) is 70.8 Å². The summed E-state index contributed by atoms with van der Waals surface area (Å²) in [5.74, 6) is -0.274. The summed E-state index contributed by atoms with van der Waals surface area (Å²) in [4.78, 5) is 12.6. The molecule has 0 atom stereocenters. The normalized spacial score (nSPS) is 14.2. The summed E-state index contributed by atoms with van der Waals surface area (Å²) in [6, 6.07) is 12.7. The fraction of sp³-hybridized carbons (Fsp3) is 0.318. The Hall–Kier alpha value is -2.31. The molecule has 29 heavy (non-hydrogen) atoms. The number of hydrogen-bond donors (Lipinski definition) is 1. The van der Waals surface area contributed by atoms with E-state index < -0.39 is 10.0 Å². The van der Waals surface area contributed by atoms with Gasteiger partial charge in [0, 0.05) is 24.2 Å². The van der Waals surface area contributed by atoms with E-state index in [1.165, 1.54) is 37.6 Å². The number of carbonyl (C=O) groups excluding carboxylic acids is 1. The molecule has 2 aromatic rings. The molecular formula is C22H25ClN2O3S. The smallest absolute Gasteiger partial charge is 0.264 e. The molecule has 0 saturated heterocycles. The lowest BCUT2D eigenvalue weighted by Gasteiger charge is -2.20. The van der Waals surface area contributed by atoms with Crippen LogP contribution in [0.1, 0.15) is 42.5 Å². The van der Waals surface area contributed by atoms with Crippen LogP contribution in [0.2, 0.25) is 5.02 Å². The van der Waals surface area contributed by atoms with Crippen molar-refractivity contribution in [2.24, 2.45) is 0 Å². The van der Waals surface area contributed by atoms with Gasteiger partial charge in [0.25, 0.3) is 15.9 Å². The third-order valence-electron chi connectivity index (χ3n) is 5.04. The van der Waals surface area contributed by atoms with Crippen LogP contribution in [0.4, 0.5) is 5.69 Å². The predicted molar refractivity (Wildman–Crippen MR) is 117 cm³/mol. The van der Waals surface area contributed by atoms with E-state index in [-0.39, 0.29) is 10.8 Å². The van der Waals surface area contributed by atoms with Crippen LogP contribution >= 0.6 is 11.6 Å². The second-order valence-electron chi connectivity index (χ2n) is 7.09. The van der Waals surface area contributed by atoms with Gasteiger partial charge in [0.1, 0.15) is 0 Å². The molecule has 0 heterocycles. The minimum absolute atomic E-state index is 0.0580. The molecule has 1 N–H and O–H groups in total. The Morgan fingerprint density at radius 3 is 2.66 bits per heavy atom. The van der Waals surface area contributed by atoms with Crippen molar-refractivity contribution >= 4 is 33.2 Å². The lowest BCUT2D eigenvalue weighted by atomic mass is 9.97. The summed E-state index contributed by atoms with van der Waals surface area (Å²) in [7, 11) is -2.35. The average Bonchev–Trinajstić information content (AvgIpc) is 2.74. The van der Waals surface area contributed by atoms with Crippen molar-refractivity contribution in [2.45, 2.75) is 37.0 Å². The highest BCUT2D eigenvalue weighted by molar-refractivity contribution is 7.92. The number of halogens is 1. The topological polar surface area (TPSA) is 66.5 Å². The molecule has 7 heteroatoms. The largest absolute Gasteiger partial charge is 0.352 e. The molecular weight excluding hydrogens is 408 g/mol. The van der Waals surface area contributed by atoms with Crippen LogP contribution in [0.3, 0.4) is 0 Å². The molecule has 0 aromatic heterocycles. The van der Waals surface area contributed by atoms with Crippen molar-refractivity contribution in [3.8, 4) is 0 Å². The third-order valence-corrected chi connectivity index (χ3v) is 7.06. The van der Waals surface area contributed by atoms with Crippen molar-refractivity contribution < 1.29 is 13.2 Å². The van der Waals surface area contributed by atoms with E-state index in [1.807, 2.05) is 0 Å². The number of sulfonamides is 1. The number of amides is 1. The maximum absolute atomic E-state index is 13.0. The first-order chi connectivity index (χ1) is 13.9.